The highest BCUT2D eigenvalue weighted by Gasteiger charge is 2.36. The first-order valence-corrected chi connectivity index (χ1v) is 15.4. The van der Waals surface area contributed by atoms with Crippen LogP contribution in [0.25, 0.3) is 33.2 Å². The third kappa shape index (κ3) is 8.70. The van der Waals surface area contributed by atoms with Crippen LogP contribution in [0.5, 0.6) is 0 Å². The molecule has 3 aromatic carbocycles. The van der Waals surface area contributed by atoms with Crippen molar-refractivity contribution in [2.24, 2.45) is 10.7 Å². The van der Waals surface area contributed by atoms with Gasteiger partial charge in [0.05, 0.1) is 12.1 Å². The highest BCUT2D eigenvalue weighted by atomic mass is 19.4. The van der Waals surface area contributed by atoms with E-state index >= 15 is 0 Å². The Bertz CT molecular complexity index is 2020. The van der Waals surface area contributed by atoms with Crippen molar-refractivity contribution in [2.45, 2.75) is 38.4 Å². The third-order valence-electron chi connectivity index (χ3n) is 8.08. The smallest absolute Gasteiger partial charge is 0.416 e. The topological polar surface area (TPSA) is 101 Å². The van der Waals surface area contributed by atoms with E-state index in [1.54, 1.807) is 61.5 Å². The molecule has 3 N–H and O–H groups in total. The number of alkyl halides is 5. The molecule has 4 aromatic rings. The molecule has 1 fully saturated rings. The zero-order valence-corrected chi connectivity index (χ0v) is 26.8. The number of likely N-dealkylation sites (tertiary alicyclic amines) is 1. The lowest BCUT2D eigenvalue weighted by molar-refractivity contribution is -0.137. The second kappa shape index (κ2) is 14.5. The molecule has 0 atom stereocenters. The number of nitrogens with two attached hydrogens (primary N) is 1. The standard InChI is InChI=1S/C37H32F6N4O3/c1-22(3-9-32(44)45-2)4-10-33(48)46-21-30-18-27-15-25(19-31(34(27)50-30)26-16-28(37(41,42)43)20-29(38)17-26)23-5-7-24(8-6-23)35(49)47-13-11-36(39,40)12-14-47/h3-10,15-20H,2,11-14,21,44H2,1H3,(H,46,48)/b10-4+,22-3+,32-9-. The fourth-order valence-electron chi connectivity index (χ4n) is 5.37. The number of carbonyl (C=O) groups is 2. The van der Waals surface area contributed by atoms with Gasteiger partial charge in [-0.3, -0.25) is 9.59 Å². The number of nitrogens with one attached hydrogen (secondary N) is 1. The summed E-state index contributed by atoms with van der Waals surface area (Å²) in [6.45, 7) is 4.85. The van der Waals surface area contributed by atoms with Crippen molar-refractivity contribution in [3.8, 4) is 22.3 Å². The zero-order chi connectivity index (χ0) is 36.2. The largest absolute Gasteiger partial charge is 0.459 e. The van der Waals surface area contributed by atoms with Gasteiger partial charge in [0, 0.05) is 48.5 Å². The van der Waals surface area contributed by atoms with Gasteiger partial charge in [0.1, 0.15) is 23.0 Å². The van der Waals surface area contributed by atoms with E-state index in [0.717, 1.165) is 12.1 Å². The average Bonchev–Trinajstić information content (AvgIpc) is 3.50. The van der Waals surface area contributed by atoms with Crippen molar-refractivity contribution >= 4 is 29.5 Å². The molecule has 1 aliphatic rings. The van der Waals surface area contributed by atoms with E-state index < -0.39 is 48.1 Å². The minimum Gasteiger partial charge on any atom is -0.459 e. The Kier molecular flexibility index (Phi) is 10.3. The minimum atomic E-state index is -4.81. The van der Waals surface area contributed by atoms with Gasteiger partial charge in [0.15, 0.2) is 0 Å². The van der Waals surface area contributed by atoms with E-state index in [2.05, 4.69) is 17.0 Å². The first kappa shape index (κ1) is 35.7. The van der Waals surface area contributed by atoms with E-state index in [1.165, 1.54) is 17.1 Å². The maximum absolute atomic E-state index is 14.6. The number of benzene rings is 3. The first-order valence-electron chi connectivity index (χ1n) is 15.4. The van der Waals surface area contributed by atoms with Crippen LogP contribution < -0.4 is 11.1 Å². The summed E-state index contributed by atoms with van der Waals surface area (Å²) >= 11 is 0. The van der Waals surface area contributed by atoms with Crippen LogP contribution in [-0.4, -0.2) is 42.4 Å². The Labute approximate surface area is 283 Å². The van der Waals surface area contributed by atoms with E-state index in [-0.39, 0.29) is 53.5 Å². The van der Waals surface area contributed by atoms with Crippen LogP contribution >= 0.6 is 0 Å². The zero-order valence-electron chi connectivity index (χ0n) is 26.8. The quantitative estimate of drug-likeness (QED) is 0.0795. The molecule has 7 nitrogen and oxygen atoms in total. The molecule has 0 spiro atoms. The highest BCUT2D eigenvalue weighted by molar-refractivity contribution is 5.98. The summed E-state index contributed by atoms with van der Waals surface area (Å²) in [6, 6.07) is 13.4. The van der Waals surface area contributed by atoms with Gasteiger partial charge >= 0.3 is 6.18 Å². The molecule has 1 saturated heterocycles. The van der Waals surface area contributed by atoms with Gasteiger partial charge < -0.3 is 20.4 Å². The maximum Gasteiger partial charge on any atom is 0.416 e. The molecule has 0 radical (unpaired) electrons. The molecule has 0 saturated carbocycles. The highest BCUT2D eigenvalue weighted by Crippen LogP contribution is 2.39. The Morgan fingerprint density at radius 2 is 1.68 bits per heavy atom. The first-order chi connectivity index (χ1) is 23.6. The molecule has 2 heterocycles. The number of nitrogens with zero attached hydrogens (tertiary/aromatic N) is 2. The van der Waals surface area contributed by atoms with Gasteiger partial charge in [-0.2, -0.15) is 13.2 Å². The van der Waals surface area contributed by atoms with Crippen molar-refractivity contribution in [2.75, 3.05) is 13.1 Å². The Balaban J connectivity index is 1.46. The number of amides is 2. The van der Waals surface area contributed by atoms with E-state index in [1.807, 2.05) is 0 Å². The molecule has 13 heteroatoms. The molecule has 1 aliphatic heterocycles. The summed E-state index contributed by atoms with van der Waals surface area (Å²) in [4.78, 5) is 30.4. The van der Waals surface area contributed by atoms with E-state index in [4.69, 9.17) is 10.2 Å². The van der Waals surface area contributed by atoms with Gasteiger partial charge in [-0.05, 0) is 84.9 Å². The van der Waals surface area contributed by atoms with E-state index in [9.17, 15) is 35.9 Å². The number of furan rings is 1. The minimum absolute atomic E-state index is 0.0706. The SMILES string of the molecule is C=N\C(N)=C/C=C(C)/C=C/C(=O)NCc1cc2cc(-c3ccc(C(=O)N4CCC(F)(F)CC4)cc3)cc(-c3cc(F)cc(C(F)(F)F)c3)c2o1. The second-order valence-corrected chi connectivity index (χ2v) is 11.8. The third-order valence-corrected chi connectivity index (χ3v) is 8.08. The van der Waals surface area contributed by atoms with Crippen LogP contribution in [0.1, 0.15) is 41.4 Å². The molecule has 260 valence electrons. The van der Waals surface area contributed by atoms with Crippen LogP contribution in [0.15, 0.2) is 106 Å². The number of aliphatic imine (C=N–C) groups is 1. The number of hydrogen-bond acceptors (Lipinski definition) is 5. The van der Waals surface area contributed by atoms with Crippen molar-refractivity contribution in [3.63, 3.8) is 0 Å². The van der Waals surface area contributed by atoms with Gasteiger partial charge in [0.2, 0.25) is 5.91 Å². The molecule has 5 rings (SSSR count). The molecular formula is C37H32F6N4O3. The van der Waals surface area contributed by atoms with Crippen LogP contribution in [0, 0.1) is 5.82 Å². The maximum atomic E-state index is 14.6. The number of allylic oxidation sites excluding steroid dienone is 4. The average molecular weight is 695 g/mol. The number of rotatable bonds is 9. The fourth-order valence-corrected chi connectivity index (χ4v) is 5.37. The normalized spacial score (nSPS) is 15.5. The molecule has 0 unspecified atom stereocenters. The number of hydrogen-bond donors (Lipinski definition) is 2. The van der Waals surface area contributed by atoms with Crippen molar-refractivity contribution in [1.82, 2.24) is 10.2 Å². The summed E-state index contributed by atoms with van der Waals surface area (Å²) < 4.78 is 88.7. The Morgan fingerprint density at radius 1 is 0.980 bits per heavy atom. The number of carbonyl (C=O) groups excluding carboxylic acids is 2. The van der Waals surface area contributed by atoms with Crippen molar-refractivity contribution in [3.05, 3.63) is 119 Å². The van der Waals surface area contributed by atoms with Crippen LogP contribution in [0.4, 0.5) is 26.3 Å². The van der Waals surface area contributed by atoms with Crippen molar-refractivity contribution < 1.29 is 40.3 Å². The summed E-state index contributed by atoms with van der Waals surface area (Å²) in [5, 5.41) is 3.14. The Morgan fingerprint density at radius 3 is 2.34 bits per heavy atom. The monoisotopic (exact) mass is 694 g/mol. The van der Waals surface area contributed by atoms with Crippen molar-refractivity contribution in [1.29, 1.82) is 0 Å². The Hall–Kier alpha value is -5.59. The van der Waals surface area contributed by atoms with Gasteiger partial charge in [-0.15, -0.1) is 0 Å². The lowest BCUT2D eigenvalue weighted by Gasteiger charge is -2.31. The molecule has 0 bridgehead atoms. The predicted octanol–water partition coefficient (Wildman–Crippen LogP) is 8.42. The van der Waals surface area contributed by atoms with Gasteiger partial charge in [-0.1, -0.05) is 29.9 Å². The summed E-state index contributed by atoms with van der Waals surface area (Å²) in [6.07, 6.45) is 0.374. The molecule has 2 amide bonds. The lowest BCUT2D eigenvalue weighted by Crippen LogP contribution is -2.42. The van der Waals surface area contributed by atoms with Gasteiger partial charge in [-0.25, -0.2) is 18.2 Å². The summed E-state index contributed by atoms with van der Waals surface area (Å²) in [5.74, 6) is -4.26. The molecule has 1 aromatic heterocycles. The second-order valence-electron chi connectivity index (χ2n) is 11.8. The number of fused-ring (bicyclic) bond motifs is 1. The van der Waals surface area contributed by atoms with Crippen LogP contribution in [0.2, 0.25) is 0 Å². The van der Waals surface area contributed by atoms with Crippen LogP contribution in [0.3, 0.4) is 0 Å². The van der Waals surface area contributed by atoms with Crippen LogP contribution in [-0.2, 0) is 17.5 Å². The summed E-state index contributed by atoms with van der Waals surface area (Å²) in [5.41, 5.74) is 6.71. The van der Waals surface area contributed by atoms with E-state index in [0.29, 0.717) is 28.2 Å². The number of halogens is 6. The fraction of sp³-hybridized carbons (Fsp3) is 0.216. The lowest BCUT2D eigenvalue weighted by atomic mass is 9.95. The van der Waals surface area contributed by atoms with Gasteiger partial charge in [0.25, 0.3) is 11.8 Å². The number of piperidine rings is 1. The molecule has 0 aliphatic carbocycles. The predicted molar refractivity (Wildman–Crippen MR) is 179 cm³/mol. The molecule has 50 heavy (non-hydrogen) atoms. The molecular weight excluding hydrogens is 662 g/mol. The summed E-state index contributed by atoms with van der Waals surface area (Å²) in [7, 11) is 0.